The molecular formula is C14H7ClF3N3O2. The van der Waals surface area contributed by atoms with Crippen LogP contribution in [0.15, 0.2) is 47.6 Å². The highest BCUT2D eigenvalue weighted by Gasteiger charge is 2.31. The van der Waals surface area contributed by atoms with Gasteiger partial charge >= 0.3 is 6.18 Å². The summed E-state index contributed by atoms with van der Waals surface area (Å²) in [6.45, 7) is 0. The molecule has 2 rings (SSSR count). The number of para-hydroxylation sites is 1. The van der Waals surface area contributed by atoms with Crippen molar-refractivity contribution in [2.24, 2.45) is 5.11 Å². The van der Waals surface area contributed by atoms with Gasteiger partial charge in [-0.05, 0) is 41.0 Å². The minimum absolute atomic E-state index is 0.00607. The molecule has 0 aliphatic rings. The number of hydrogen-bond donors (Lipinski definition) is 0. The van der Waals surface area contributed by atoms with Gasteiger partial charge in [0.1, 0.15) is 11.5 Å². The second kappa shape index (κ2) is 6.60. The third-order valence-electron chi connectivity index (χ3n) is 2.73. The van der Waals surface area contributed by atoms with Gasteiger partial charge in [-0.3, -0.25) is 4.79 Å². The third-order valence-corrected chi connectivity index (χ3v) is 3.03. The Kier molecular flexibility index (Phi) is 4.78. The van der Waals surface area contributed by atoms with E-state index in [4.69, 9.17) is 21.9 Å². The summed E-state index contributed by atoms with van der Waals surface area (Å²) in [5.74, 6) is -0.946. The molecule has 0 aromatic heterocycles. The molecule has 23 heavy (non-hydrogen) atoms. The monoisotopic (exact) mass is 341 g/mol. The topological polar surface area (TPSA) is 75.1 Å². The standard InChI is InChI=1S/C14H7ClF3N3O2/c15-10-7-8(14(16,17)18)5-6-12(10)23-11-4-2-1-3-9(11)13(22)20-21-19/h1-7H. The lowest BCUT2D eigenvalue weighted by molar-refractivity contribution is -0.137. The molecule has 0 spiro atoms. The van der Waals surface area contributed by atoms with E-state index in [1.54, 1.807) is 6.07 Å². The van der Waals surface area contributed by atoms with Crippen molar-refractivity contribution in [3.63, 3.8) is 0 Å². The van der Waals surface area contributed by atoms with Crippen molar-refractivity contribution >= 4 is 17.5 Å². The lowest BCUT2D eigenvalue weighted by Gasteiger charge is -2.12. The smallest absolute Gasteiger partial charge is 0.416 e. The van der Waals surface area contributed by atoms with E-state index < -0.39 is 17.6 Å². The van der Waals surface area contributed by atoms with E-state index in [0.717, 1.165) is 18.2 Å². The van der Waals surface area contributed by atoms with Crippen LogP contribution in [0.25, 0.3) is 10.4 Å². The van der Waals surface area contributed by atoms with Crippen LogP contribution in [0.3, 0.4) is 0 Å². The molecule has 2 aromatic rings. The van der Waals surface area contributed by atoms with E-state index in [9.17, 15) is 18.0 Å². The summed E-state index contributed by atoms with van der Waals surface area (Å²) in [4.78, 5) is 14.0. The molecule has 0 radical (unpaired) electrons. The molecule has 0 fully saturated rings. The first-order valence-electron chi connectivity index (χ1n) is 6.06. The molecule has 0 saturated carbocycles. The lowest BCUT2D eigenvalue weighted by atomic mass is 10.2. The zero-order chi connectivity index (χ0) is 17.0. The molecule has 0 atom stereocenters. The minimum Gasteiger partial charge on any atom is -0.455 e. The first-order valence-corrected chi connectivity index (χ1v) is 6.44. The number of hydrogen-bond acceptors (Lipinski definition) is 2. The Hall–Kier alpha value is -2.70. The van der Waals surface area contributed by atoms with Gasteiger partial charge in [0.15, 0.2) is 0 Å². The number of ether oxygens (including phenoxy) is 1. The molecule has 118 valence electrons. The Balaban J connectivity index is 2.37. The van der Waals surface area contributed by atoms with Gasteiger partial charge in [0.25, 0.3) is 5.91 Å². The number of carbonyl (C=O) groups is 1. The summed E-state index contributed by atoms with van der Waals surface area (Å²) in [6.07, 6.45) is -4.53. The van der Waals surface area contributed by atoms with Gasteiger partial charge in [-0.25, -0.2) is 0 Å². The zero-order valence-electron chi connectivity index (χ0n) is 11.2. The number of halogens is 4. The van der Waals surface area contributed by atoms with Crippen LogP contribution in [0.2, 0.25) is 5.02 Å². The van der Waals surface area contributed by atoms with Gasteiger partial charge in [-0.1, -0.05) is 23.7 Å². The van der Waals surface area contributed by atoms with Crippen molar-refractivity contribution in [3.05, 3.63) is 69.1 Å². The molecule has 0 bridgehead atoms. The molecule has 1 amide bonds. The van der Waals surface area contributed by atoms with Crippen LogP contribution in [0, 0.1) is 0 Å². The molecule has 0 aliphatic carbocycles. The average molecular weight is 342 g/mol. The number of azide groups is 1. The number of benzene rings is 2. The van der Waals surface area contributed by atoms with Crippen LogP contribution < -0.4 is 4.74 Å². The maximum atomic E-state index is 12.6. The number of amides is 1. The first-order chi connectivity index (χ1) is 10.8. The fraction of sp³-hybridized carbons (Fsp3) is 0.0714. The van der Waals surface area contributed by atoms with E-state index in [-0.39, 0.29) is 22.1 Å². The molecule has 9 heteroatoms. The summed E-state index contributed by atoms with van der Waals surface area (Å²) >= 11 is 5.79. The Bertz CT molecular complexity index is 802. The Morgan fingerprint density at radius 3 is 2.48 bits per heavy atom. The summed E-state index contributed by atoms with van der Waals surface area (Å²) in [7, 11) is 0. The normalized spacial score (nSPS) is 10.8. The predicted molar refractivity (Wildman–Crippen MR) is 76.4 cm³/mol. The lowest BCUT2D eigenvalue weighted by Crippen LogP contribution is -2.04. The summed E-state index contributed by atoms with van der Waals surface area (Å²) in [5, 5.41) is 2.67. The number of alkyl halides is 3. The van der Waals surface area contributed by atoms with Crippen molar-refractivity contribution in [1.29, 1.82) is 0 Å². The first kappa shape index (κ1) is 16.7. The van der Waals surface area contributed by atoms with E-state index in [1.807, 2.05) is 0 Å². The Morgan fingerprint density at radius 1 is 1.17 bits per heavy atom. The molecule has 0 aliphatic heterocycles. The van der Waals surface area contributed by atoms with E-state index in [0.29, 0.717) is 0 Å². The zero-order valence-corrected chi connectivity index (χ0v) is 12.0. The molecule has 0 heterocycles. The molecular weight excluding hydrogens is 335 g/mol. The van der Waals surface area contributed by atoms with Crippen LogP contribution in [0.1, 0.15) is 15.9 Å². The van der Waals surface area contributed by atoms with Gasteiger partial charge in [-0.15, -0.1) is 0 Å². The summed E-state index contributed by atoms with van der Waals surface area (Å²) in [5.41, 5.74) is 7.34. The molecule has 2 aromatic carbocycles. The fourth-order valence-corrected chi connectivity index (χ4v) is 1.92. The van der Waals surface area contributed by atoms with E-state index >= 15 is 0 Å². The molecule has 0 unspecified atom stereocenters. The van der Waals surface area contributed by atoms with Crippen LogP contribution >= 0.6 is 11.6 Å². The molecule has 5 nitrogen and oxygen atoms in total. The van der Waals surface area contributed by atoms with Crippen LogP contribution in [-0.2, 0) is 6.18 Å². The van der Waals surface area contributed by atoms with E-state index in [2.05, 4.69) is 10.0 Å². The van der Waals surface area contributed by atoms with Crippen molar-refractivity contribution < 1.29 is 22.7 Å². The minimum atomic E-state index is -4.53. The summed E-state index contributed by atoms with van der Waals surface area (Å²) in [6, 6.07) is 8.37. The molecule has 0 saturated heterocycles. The second-order valence-corrected chi connectivity index (χ2v) is 4.64. The van der Waals surface area contributed by atoms with Crippen molar-refractivity contribution in [2.45, 2.75) is 6.18 Å². The quantitative estimate of drug-likeness (QED) is 0.414. The molecule has 0 N–H and O–H groups in total. The van der Waals surface area contributed by atoms with Crippen LogP contribution in [-0.4, -0.2) is 5.91 Å². The highest BCUT2D eigenvalue weighted by atomic mass is 35.5. The maximum Gasteiger partial charge on any atom is 0.416 e. The van der Waals surface area contributed by atoms with Crippen molar-refractivity contribution in [2.75, 3.05) is 0 Å². The summed E-state index contributed by atoms with van der Waals surface area (Å²) < 4.78 is 43.1. The predicted octanol–water partition coefficient (Wildman–Crippen LogP) is 5.60. The maximum absolute atomic E-state index is 12.6. The highest BCUT2D eigenvalue weighted by Crippen LogP contribution is 2.37. The van der Waals surface area contributed by atoms with Gasteiger partial charge in [0.05, 0.1) is 16.1 Å². The number of nitrogens with zero attached hydrogens (tertiary/aromatic N) is 3. The Labute approximate surface area is 132 Å². The third kappa shape index (κ3) is 3.94. The van der Waals surface area contributed by atoms with Crippen LogP contribution in [0.4, 0.5) is 13.2 Å². The number of carbonyl (C=O) groups excluding carboxylic acids is 1. The van der Waals surface area contributed by atoms with Gasteiger partial charge in [0.2, 0.25) is 0 Å². The van der Waals surface area contributed by atoms with Crippen molar-refractivity contribution in [3.8, 4) is 11.5 Å². The largest absolute Gasteiger partial charge is 0.455 e. The average Bonchev–Trinajstić information content (AvgIpc) is 2.49. The highest BCUT2D eigenvalue weighted by molar-refractivity contribution is 6.32. The van der Waals surface area contributed by atoms with Gasteiger partial charge in [-0.2, -0.15) is 13.2 Å². The van der Waals surface area contributed by atoms with Gasteiger partial charge in [0, 0.05) is 4.91 Å². The van der Waals surface area contributed by atoms with Crippen molar-refractivity contribution in [1.82, 2.24) is 0 Å². The Morgan fingerprint density at radius 2 is 1.87 bits per heavy atom. The fourth-order valence-electron chi connectivity index (χ4n) is 1.71. The van der Waals surface area contributed by atoms with Gasteiger partial charge < -0.3 is 4.74 Å². The second-order valence-electron chi connectivity index (χ2n) is 4.24. The van der Waals surface area contributed by atoms with E-state index in [1.165, 1.54) is 18.2 Å². The SMILES string of the molecule is [N-]=[N+]=NC(=O)c1ccccc1Oc1ccc(C(F)(F)F)cc1Cl. The van der Waals surface area contributed by atoms with Crippen LogP contribution in [0.5, 0.6) is 11.5 Å². The number of rotatable bonds is 3.